The maximum absolute atomic E-state index is 14.0. The molecule has 0 radical (unpaired) electrons. The number of rotatable bonds is 7. The van der Waals surface area contributed by atoms with Crippen molar-refractivity contribution in [3.8, 4) is 22.4 Å². The molecule has 0 N–H and O–H groups in total. The van der Waals surface area contributed by atoms with Gasteiger partial charge in [-0.1, -0.05) is 65.7 Å². The molecule has 5 rings (SSSR count). The minimum atomic E-state index is -4.75. The number of nitrogens with zero attached hydrogens (tertiary/aromatic N) is 5. The van der Waals surface area contributed by atoms with E-state index in [1.165, 1.54) is 0 Å². The Morgan fingerprint density at radius 1 is 0.947 bits per heavy atom. The van der Waals surface area contributed by atoms with E-state index in [4.69, 9.17) is 0 Å². The highest BCUT2D eigenvalue weighted by molar-refractivity contribution is 7.78. The summed E-state index contributed by atoms with van der Waals surface area (Å²) in [7, 11) is 0. The molecule has 0 amide bonds. The molecule has 38 heavy (non-hydrogen) atoms. The van der Waals surface area contributed by atoms with Crippen LogP contribution in [0.25, 0.3) is 22.4 Å². The second kappa shape index (κ2) is 11.3. The summed E-state index contributed by atoms with van der Waals surface area (Å²) in [5.41, 5.74) is 2.33. The van der Waals surface area contributed by atoms with Gasteiger partial charge in [0.15, 0.2) is 0 Å². The SMILES string of the molecule is O=S([O-])Cc1ccc(-c2nc(C(F)(F)F)nc(N3CCN(Cc4nccs4)CC3)c2-c2ccccc2)cc1. The zero-order valence-electron chi connectivity index (χ0n) is 20.1. The Labute approximate surface area is 224 Å². The summed E-state index contributed by atoms with van der Waals surface area (Å²) < 4.78 is 64.2. The smallest absolute Gasteiger partial charge is 0.451 e. The predicted molar refractivity (Wildman–Crippen MR) is 140 cm³/mol. The van der Waals surface area contributed by atoms with Gasteiger partial charge in [-0.2, -0.15) is 13.2 Å². The number of hydrogen-bond donors (Lipinski definition) is 0. The maximum atomic E-state index is 14.0. The van der Waals surface area contributed by atoms with Gasteiger partial charge in [-0.15, -0.1) is 11.3 Å². The third kappa shape index (κ3) is 6.09. The summed E-state index contributed by atoms with van der Waals surface area (Å²) in [6.07, 6.45) is -2.99. The number of aromatic nitrogens is 3. The lowest BCUT2D eigenvalue weighted by atomic mass is 9.98. The van der Waals surface area contributed by atoms with Crippen molar-refractivity contribution in [1.29, 1.82) is 0 Å². The molecule has 0 bridgehead atoms. The zero-order valence-corrected chi connectivity index (χ0v) is 21.7. The number of thiazole rings is 1. The van der Waals surface area contributed by atoms with Crippen molar-refractivity contribution in [3.05, 3.63) is 82.6 Å². The van der Waals surface area contributed by atoms with Gasteiger partial charge in [0.05, 0.1) is 17.8 Å². The molecule has 198 valence electrons. The third-order valence-electron chi connectivity index (χ3n) is 6.23. The minimum Gasteiger partial charge on any atom is -0.772 e. The van der Waals surface area contributed by atoms with E-state index < -0.39 is 23.1 Å². The van der Waals surface area contributed by atoms with Crippen molar-refractivity contribution in [1.82, 2.24) is 19.9 Å². The Bertz CT molecular complexity index is 1390. The van der Waals surface area contributed by atoms with Crippen molar-refractivity contribution in [2.24, 2.45) is 0 Å². The number of halogens is 3. The largest absolute Gasteiger partial charge is 0.772 e. The molecule has 3 heterocycles. The van der Waals surface area contributed by atoms with Crippen LogP contribution in [0.4, 0.5) is 19.0 Å². The first kappa shape index (κ1) is 26.4. The summed E-state index contributed by atoms with van der Waals surface area (Å²) >= 11 is -0.701. The van der Waals surface area contributed by atoms with E-state index in [2.05, 4.69) is 19.9 Å². The molecule has 0 aliphatic carbocycles. The molecule has 0 saturated carbocycles. The molecule has 1 atom stereocenters. The molecule has 7 nitrogen and oxygen atoms in total. The molecule has 2 aromatic heterocycles. The van der Waals surface area contributed by atoms with E-state index in [9.17, 15) is 21.9 Å². The second-order valence-corrected chi connectivity index (χ2v) is 10.7. The summed E-state index contributed by atoms with van der Waals surface area (Å²) in [6, 6.07) is 15.5. The lowest BCUT2D eigenvalue weighted by molar-refractivity contribution is -0.144. The van der Waals surface area contributed by atoms with Crippen LogP contribution in [0.2, 0.25) is 0 Å². The number of piperazine rings is 1. The molecule has 1 saturated heterocycles. The molecular weight excluding hydrogens is 535 g/mol. The molecule has 1 fully saturated rings. The number of benzene rings is 2. The normalized spacial score (nSPS) is 15.5. The van der Waals surface area contributed by atoms with Crippen LogP contribution in [0.5, 0.6) is 0 Å². The van der Waals surface area contributed by atoms with Crippen molar-refractivity contribution in [3.63, 3.8) is 0 Å². The van der Waals surface area contributed by atoms with Crippen LogP contribution in [-0.2, 0) is 29.6 Å². The molecule has 12 heteroatoms. The molecular formula is C26H23F3N5O2S2-. The van der Waals surface area contributed by atoms with E-state index in [1.54, 1.807) is 41.8 Å². The topological polar surface area (TPSA) is 85.3 Å². The van der Waals surface area contributed by atoms with E-state index in [0.29, 0.717) is 55.0 Å². The van der Waals surface area contributed by atoms with Gasteiger partial charge in [0.25, 0.3) is 0 Å². The second-order valence-electron chi connectivity index (χ2n) is 8.79. The monoisotopic (exact) mass is 558 g/mol. The van der Waals surface area contributed by atoms with Crippen molar-refractivity contribution in [2.75, 3.05) is 31.1 Å². The fourth-order valence-corrected chi connectivity index (χ4v) is 5.54. The van der Waals surface area contributed by atoms with Crippen molar-refractivity contribution in [2.45, 2.75) is 18.5 Å². The fourth-order valence-electron chi connectivity index (χ4n) is 4.42. The number of anilines is 1. The van der Waals surface area contributed by atoms with Crippen molar-refractivity contribution >= 4 is 28.2 Å². The zero-order chi connectivity index (χ0) is 26.7. The van der Waals surface area contributed by atoms with Crippen LogP contribution in [0, 0.1) is 0 Å². The Morgan fingerprint density at radius 3 is 2.26 bits per heavy atom. The first-order valence-electron chi connectivity index (χ1n) is 11.8. The van der Waals surface area contributed by atoms with Crippen LogP contribution in [0.3, 0.4) is 0 Å². The third-order valence-corrected chi connectivity index (χ3v) is 7.57. The first-order valence-corrected chi connectivity index (χ1v) is 14.0. The van der Waals surface area contributed by atoms with Crippen LogP contribution in [0.15, 0.2) is 66.2 Å². The Morgan fingerprint density at radius 2 is 1.66 bits per heavy atom. The van der Waals surface area contributed by atoms with Gasteiger partial charge in [-0.25, -0.2) is 15.0 Å². The summed E-state index contributed by atoms with van der Waals surface area (Å²) in [5, 5.41) is 2.92. The van der Waals surface area contributed by atoms with Crippen LogP contribution in [0.1, 0.15) is 16.4 Å². The molecule has 1 aliphatic heterocycles. The number of hydrogen-bond acceptors (Lipinski definition) is 8. The Kier molecular flexibility index (Phi) is 7.84. The molecule has 1 aliphatic rings. The van der Waals surface area contributed by atoms with Crippen LogP contribution < -0.4 is 4.90 Å². The summed E-state index contributed by atoms with van der Waals surface area (Å²) in [6.45, 7) is 2.98. The minimum absolute atomic E-state index is 0.147. The van der Waals surface area contributed by atoms with Gasteiger partial charge in [0.1, 0.15) is 10.8 Å². The van der Waals surface area contributed by atoms with E-state index in [0.717, 1.165) is 5.01 Å². The lowest BCUT2D eigenvalue weighted by Gasteiger charge is -2.36. The van der Waals surface area contributed by atoms with Gasteiger partial charge in [-0.3, -0.25) is 9.11 Å². The Balaban J connectivity index is 1.57. The lowest BCUT2D eigenvalue weighted by Crippen LogP contribution is -2.46. The van der Waals surface area contributed by atoms with Gasteiger partial charge in [0, 0.05) is 49.1 Å². The quantitative estimate of drug-likeness (QED) is 0.296. The molecule has 0 spiro atoms. The summed E-state index contributed by atoms with van der Waals surface area (Å²) in [4.78, 5) is 16.5. The van der Waals surface area contributed by atoms with Gasteiger partial charge in [0.2, 0.25) is 5.82 Å². The highest BCUT2D eigenvalue weighted by atomic mass is 32.2. The summed E-state index contributed by atoms with van der Waals surface area (Å²) in [5.74, 6) is -1.16. The van der Waals surface area contributed by atoms with Crippen LogP contribution >= 0.6 is 11.3 Å². The Hall–Kier alpha value is -3.19. The fraction of sp³-hybridized carbons (Fsp3) is 0.269. The van der Waals surface area contributed by atoms with Crippen molar-refractivity contribution < 1.29 is 21.9 Å². The highest BCUT2D eigenvalue weighted by Crippen LogP contribution is 2.40. The number of alkyl halides is 3. The van der Waals surface area contributed by atoms with Gasteiger partial charge < -0.3 is 9.45 Å². The van der Waals surface area contributed by atoms with E-state index in [-0.39, 0.29) is 17.3 Å². The van der Waals surface area contributed by atoms with E-state index in [1.807, 2.05) is 40.6 Å². The molecule has 4 aromatic rings. The van der Waals surface area contributed by atoms with E-state index >= 15 is 0 Å². The molecule has 1 unspecified atom stereocenters. The standard InChI is InChI=1S/C26H24F3N5O2S2/c27-26(28,29)25-31-23(20-8-6-18(7-9-20)17-38(35)36)22(19-4-2-1-3-5-19)24(32-25)34-13-11-33(12-14-34)16-21-30-10-15-37-21/h1-10,15H,11-14,16-17H2,(H,35,36)/p-1. The molecule has 2 aromatic carbocycles. The highest BCUT2D eigenvalue weighted by Gasteiger charge is 2.38. The average molecular weight is 559 g/mol. The van der Waals surface area contributed by atoms with Crippen LogP contribution in [-0.4, -0.2) is 54.8 Å². The first-order chi connectivity index (χ1) is 18.3. The van der Waals surface area contributed by atoms with Gasteiger partial charge in [-0.05, 0) is 11.1 Å². The van der Waals surface area contributed by atoms with Gasteiger partial charge >= 0.3 is 6.18 Å². The predicted octanol–water partition coefficient (Wildman–Crippen LogP) is 4.99. The maximum Gasteiger partial charge on any atom is 0.451 e. The average Bonchev–Trinajstić information content (AvgIpc) is 3.42.